The van der Waals surface area contributed by atoms with Crippen molar-refractivity contribution >= 4 is 23.0 Å². The highest BCUT2D eigenvalue weighted by Crippen LogP contribution is 2.21. The number of thiazole rings is 1. The summed E-state index contributed by atoms with van der Waals surface area (Å²) in [4.78, 5) is 33.5. The van der Waals surface area contributed by atoms with Crippen LogP contribution in [0.5, 0.6) is 0 Å². The van der Waals surface area contributed by atoms with Gasteiger partial charge in [0.05, 0.1) is 4.92 Å². The maximum absolute atomic E-state index is 11.9. The van der Waals surface area contributed by atoms with Gasteiger partial charge < -0.3 is 4.74 Å². The first-order valence-electron chi connectivity index (χ1n) is 6.47. The van der Waals surface area contributed by atoms with Crippen LogP contribution in [0.1, 0.15) is 24.3 Å². The molecule has 0 bridgehead atoms. The first-order chi connectivity index (χ1) is 10.4. The lowest BCUT2D eigenvalue weighted by Gasteiger charge is -2.14. The fraction of sp³-hybridized carbons (Fsp3) is 0.286. The third-order valence-electron chi connectivity index (χ3n) is 3.12. The maximum atomic E-state index is 11.9. The van der Waals surface area contributed by atoms with E-state index in [9.17, 15) is 19.7 Å². The Morgan fingerprint density at radius 3 is 2.82 bits per heavy atom. The van der Waals surface area contributed by atoms with Crippen molar-refractivity contribution in [3.05, 3.63) is 60.7 Å². The van der Waals surface area contributed by atoms with Crippen LogP contribution in [-0.2, 0) is 16.1 Å². The van der Waals surface area contributed by atoms with Crippen LogP contribution in [0.2, 0.25) is 0 Å². The zero-order valence-electron chi connectivity index (χ0n) is 12.0. The fourth-order valence-corrected chi connectivity index (χ4v) is 2.65. The Bertz CT molecular complexity index is 765. The molecule has 22 heavy (non-hydrogen) atoms. The molecule has 1 heterocycles. The van der Waals surface area contributed by atoms with Crippen LogP contribution < -0.4 is 4.87 Å². The standard InChI is InChI=1S/C14H14N2O5S/c1-9-8-22-14(18)15(9)7-13(17)21-10(2)11-4-3-5-12(6-11)16(19)20/h3-6,8,10H,7H2,1-2H3/t10-/m0/s1. The Morgan fingerprint density at radius 1 is 1.50 bits per heavy atom. The third kappa shape index (κ3) is 3.59. The second kappa shape index (κ2) is 6.52. The number of rotatable bonds is 5. The number of nitrogens with zero attached hydrogens (tertiary/aromatic N) is 2. The van der Waals surface area contributed by atoms with Crippen LogP contribution in [0.3, 0.4) is 0 Å². The number of esters is 1. The fourth-order valence-electron chi connectivity index (χ4n) is 1.92. The predicted molar refractivity (Wildman–Crippen MR) is 80.9 cm³/mol. The molecule has 1 atom stereocenters. The highest BCUT2D eigenvalue weighted by molar-refractivity contribution is 7.07. The molecule has 0 unspecified atom stereocenters. The summed E-state index contributed by atoms with van der Waals surface area (Å²) >= 11 is 1.02. The first kappa shape index (κ1) is 15.9. The van der Waals surface area contributed by atoms with Crippen LogP contribution in [0.15, 0.2) is 34.4 Å². The molecule has 0 N–H and O–H groups in total. The molecule has 0 aliphatic carbocycles. The summed E-state index contributed by atoms with van der Waals surface area (Å²) in [6.45, 7) is 3.18. The van der Waals surface area contributed by atoms with Gasteiger partial charge in [-0.2, -0.15) is 0 Å². The third-order valence-corrected chi connectivity index (χ3v) is 4.00. The number of nitro groups is 1. The van der Waals surface area contributed by atoms with Crippen LogP contribution >= 0.6 is 11.3 Å². The average Bonchev–Trinajstić information content (AvgIpc) is 2.79. The number of aryl methyl sites for hydroxylation is 1. The van der Waals surface area contributed by atoms with Gasteiger partial charge in [-0.05, 0) is 19.4 Å². The van der Waals surface area contributed by atoms with Crippen molar-refractivity contribution in [3.8, 4) is 0 Å². The SMILES string of the molecule is Cc1csc(=O)n1CC(=O)O[C@@H](C)c1cccc([N+](=O)[O-])c1. The van der Waals surface area contributed by atoms with E-state index in [-0.39, 0.29) is 17.1 Å². The summed E-state index contributed by atoms with van der Waals surface area (Å²) < 4.78 is 6.56. The minimum absolute atomic E-state index is 0.0645. The van der Waals surface area contributed by atoms with Gasteiger partial charge in [0.25, 0.3) is 5.69 Å². The normalized spacial score (nSPS) is 11.9. The van der Waals surface area contributed by atoms with Gasteiger partial charge in [0.15, 0.2) is 0 Å². The van der Waals surface area contributed by atoms with Gasteiger partial charge in [-0.1, -0.05) is 23.5 Å². The molecular weight excluding hydrogens is 308 g/mol. The Labute approximate surface area is 129 Å². The van der Waals surface area contributed by atoms with Gasteiger partial charge in [-0.25, -0.2) is 0 Å². The first-order valence-corrected chi connectivity index (χ1v) is 7.35. The molecule has 116 valence electrons. The van der Waals surface area contributed by atoms with Gasteiger partial charge in [0, 0.05) is 23.2 Å². The largest absolute Gasteiger partial charge is 0.456 e. The van der Waals surface area contributed by atoms with Crippen LogP contribution in [0.4, 0.5) is 5.69 Å². The van der Waals surface area contributed by atoms with Gasteiger partial charge in [0.1, 0.15) is 12.6 Å². The molecule has 0 aliphatic rings. The summed E-state index contributed by atoms with van der Waals surface area (Å²) in [6.07, 6.45) is -0.637. The molecular formula is C14H14N2O5S. The Balaban J connectivity index is 2.07. The molecule has 1 aromatic heterocycles. The summed E-state index contributed by atoms with van der Waals surface area (Å²) in [5.41, 5.74) is 1.15. The van der Waals surface area contributed by atoms with Crippen molar-refractivity contribution in [2.45, 2.75) is 26.5 Å². The van der Waals surface area contributed by atoms with Crippen molar-refractivity contribution in [1.29, 1.82) is 0 Å². The molecule has 0 aliphatic heterocycles. The van der Waals surface area contributed by atoms with E-state index in [0.717, 1.165) is 11.3 Å². The minimum Gasteiger partial charge on any atom is -0.456 e. The molecule has 0 spiro atoms. The van der Waals surface area contributed by atoms with Gasteiger partial charge in [-0.3, -0.25) is 24.3 Å². The zero-order chi connectivity index (χ0) is 16.3. The van der Waals surface area contributed by atoms with Crippen LogP contribution in [-0.4, -0.2) is 15.5 Å². The zero-order valence-corrected chi connectivity index (χ0v) is 12.8. The highest BCUT2D eigenvalue weighted by atomic mass is 32.1. The molecule has 2 aromatic rings. The van der Waals surface area contributed by atoms with Gasteiger partial charge >= 0.3 is 10.8 Å². The van der Waals surface area contributed by atoms with E-state index in [2.05, 4.69) is 0 Å². The number of hydrogen-bond acceptors (Lipinski definition) is 6. The van der Waals surface area contributed by atoms with Crippen molar-refractivity contribution in [1.82, 2.24) is 4.57 Å². The number of carbonyl (C=O) groups excluding carboxylic acids is 1. The lowest BCUT2D eigenvalue weighted by molar-refractivity contribution is -0.385. The van der Waals surface area contributed by atoms with Crippen LogP contribution in [0.25, 0.3) is 0 Å². The Morgan fingerprint density at radius 2 is 2.23 bits per heavy atom. The van der Waals surface area contributed by atoms with Crippen LogP contribution in [0, 0.1) is 17.0 Å². The monoisotopic (exact) mass is 322 g/mol. The predicted octanol–water partition coefficient (Wildman–Crippen LogP) is 2.43. The smallest absolute Gasteiger partial charge is 0.326 e. The minimum atomic E-state index is -0.637. The number of carbonyl (C=O) groups is 1. The number of aromatic nitrogens is 1. The molecule has 0 saturated carbocycles. The number of non-ortho nitro benzene ring substituents is 1. The highest BCUT2D eigenvalue weighted by Gasteiger charge is 2.16. The summed E-state index contributed by atoms with van der Waals surface area (Å²) in [7, 11) is 0. The molecule has 2 rings (SSSR count). The van der Waals surface area contributed by atoms with Crippen molar-refractivity contribution in [3.63, 3.8) is 0 Å². The second-order valence-corrected chi connectivity index (χ2v) is 5.53. The van der Waals surface area contributed by atoms with E-state index in [0.29, 0.717) is 11.3 Å². The van der Waals surface area contributed by atoms with Gasteiger partial charge in [0.2, 0.25) is 0 Å². The molecule has 0 radical (unpaired) electrons. The van der Waals surface area contributed by atoms with E-state index < -0.39 is 17.0 Å². The number of nitro benzene ring substituents is 1. The van der Waals surface area contributed by atoms with Crippen molar-refractivity contribution < 1.29 is 14.5 Å². The summed E-state index contributed by atoms with van der Waals surface area (Å²) in [5, 5.41) is 12.4. The number of ether oxygens (including phenoxy) is 1. The lowest BCUT2D eigenvalue weighted by atomic mass is 10.1. The van der Waals surface area contributed by atoms with E-state index in [4.69, 9.17) is 4.74 Å². The lowest BCUT2D eigenvalue weighted by Crippen LogP contribution is -2.23. The quantitative estimate of drug-likeness (QED) is 0.479. The average molecular weight is 322 g/mol. The molecule has 8 heteroatoms. The Kier molecular flexibility index (Phi) is 4.71. The second-order valence-electron chi connectivity index (χ2n) is 4.71. The molecule has 1 aromatic carbocycles. The van der Waals surface area contributed by atoms with E-state index in [1.165, 1.54) is 22.8 Å². The summed E-state index contributed by atoms with van der Waals surface area (Å²) in [5.74, 6) is -0.567. The Hall–Kier alpha value is -2.48. The molecule has 7 nitrogen and oxygen atoms in total. The summed E-state index contributed by atoms with van der Waals surface area (Å²) in [6, 6.07) is 5.91. The van der Waals surface area contributed by atoms with Gasteiger partial charge in [-0.15, -0.1) is 0 Å². The molecule has 0 amide bonds. The maximum Gasteiger partial charge on any atom is 0.326 e. The molecule has 0 saturated heterocycles. The molecule has 0 fully saturated rings. The van der Waals surface area contributed by atoms with Crippen molar-refractivity contribution in [2.75, 3.05) is 0 Å². The van der Waals surface area contributed by atoms with E-state index in [1.807, 2.05) is 0 Å². The number of benzene rings is 1. The topological polar surface area (TPSA) is 91.4 Å². The van der Waals surface area contributed by atoms with E-state index in [1.54, 1.807) is 25.3 Å². The number of hydrogen-bond donors (Lipinski definition) is 0. The van der Waals surface area contributed by atoms with Crippen molar-refractivity contribution in [2.24, 2.45) is 0 Å². The van der Waals surface area contributed by atoms with E-state index >= 15 is 0 Å².